The predicted octanol–water partition coefficient (Wildman–Crippen LogP) is 3.85. The Hall–Kier alpha value is -1.77. The summed E-state index contributed by atoms with van der Waals surface area (Å²) >= 11 is 0. The van der Waals surface area contributed by atoms with Gasteiger partial charge in [0, 0.05) is 5.57 Å². The van der Waals surface area contributed by atoms with Crippen LogP contribution in [0.5, 0.6) is 0 Å². The van der Waals surface area contributed by atoms with Crippen LogP contribution in [-0.4, -0.2) is 18.2 Å². The molecule has 0 unspecified atom stereocenters. The number of methoxy groups -OCH3 is 1. The summed E-state index contributed by atoms with van der Waals surface area (Å²) in [6, 6.07) is 0. The molecule has 3 heteroatoms. The van der Waals surface area contributed by atoms with Crippen molar-refractivity contribution in [2.24, 2.45) is 0 Å². The van der Waals surface area contributed by atoms with E-state index in [0.717, 1.165) is 17.6 Å². The Morgan fingerprint density at radius 3 is 2.39 bits per heavy atom. The maximum atomic E-state index is 11.1. The molecule has 0 bridgehead atoms. The molecular formula is C15H22O3. The van der Waals surface area contributed by atoms with Crippen LogP contribution in [-0.2, 0) is 9.53 Å². The van der Waals surface area contributed by atoms with Crippen LogP contribution < -0.4 is 0 Å². The molecule has 0 fully saturated rings. The Kier molecular flexibility index (Phi) is 7.52. The summed E-state index contributed by atoms with van der Waals surface area (Å²) in [5, 5.41) is 9.13. The SMILES string of the molecule is C=C(/C=C(/C=C(\CCC)C(=O)O)C(\C)=C/C)OC. The van der Waals surface area contributed by atoms with Gasteiger partial charge in [0.05, 0.1) is 7.11 Å². The van der Waals surface area contributed by atoms with E-state index in [-0.39, 0.29) is 0 Å². The first-order valence-electron chi connectivity index (χ1n) is 5.98. The Morgan fingerprint density at radius 2 is 2.00 bits per heavy atom. The lowest BCUT2D eigenvalue weighted by atomic mass is 10.0. The summed E-state index contributed by atoms with van der Waals surface area (Å²) in [4.78, 5) is 11.1. The zero-order valence-electron chi connectivity index (χ0n) is 11.6. The van der Waals surface area contributed by atoms with Gasteiger partial charge in [0.2, 0.25) is 0 Å². The summed E-state index contributed by atoms with van der Waals surface area (Å²) in [5.74, 6) is -0.377. The van der Waals surface area contributed by atoms with Gasteiger partial charge in [-0.25, -0.2) is 4.79 Å². The van der Waals surface area contributed by atoms with Crippen molar-refractivity contribution in [3.63, 3.8) is 0 Å². The highest BCUT2D eigenvalue weighted by molar-refractivity contribution is 5.87. The van der Waals surface area contributed by atoms with Gasteiger partial charge in [0.1, 0.15) is 5.76 Å². The van der Waals surface area contributed by atoms with E-state index in [1.54, 1.807) is 12.2 Å². The number of carboxylic acids is 1. The van der Waals surface area contributed by atoms with Crippen molar-refractivity contribution in [3.8, 4) is 0 Å². The fourth-order valence-corrected chi connectivity index (χ4v) is 1.37. The molecule has 0 saturated heterocycles. The van der Waals surface area contributed by atoms with Crippen LogP contribution in [0.4, 0.5) is 0 Å². The molecule has 0 spiro atoms. The molecule has 0 aromatic heterocycles. The number of hydrogen-bond acceptors (Lipinski definition) is 2. The lowest BCUT2D eigenvalue weighted by molar-refractivity contribution is -0.132. The summed E-state index contributed by atoms with van der Waals surface area (Å²) in [6.07, 6.45) is 6.70. The molecule has 1 N–H and O–H groups in total. The van der Waals surface area contributed by atoms with Crippen molar-refractivity contribution < 1.29 is 14.6 Å². The van der Waals surface area contributed by atoms with Crippen molar-refractivity contribution in [3.05, 3.63) is 47.3 Å². The number of allylic oxidation sites excluding steroid dienone is 5. The van der Waals surface area contributed by atoms with Crippen molar-refractivity contribution >= 4 is 5.97 Å². The molecule has 18 heavy (non-hydrogen) atoms. The average Bonchev–Trinajstić information content (AvgIpc) is 2.35. The van der Waals surface area contributed by atoms with E-state index in [9.17, 15) is 4.79 Å². The Morgan fingerprint density at radius 1 is 1.39 bits per heavy atom. The summed E-state index contributed by atoms with van der Waals surface area (Å²) in [6.45, 7) is 9.52. The van der Waals surface area contributed by atoms with Crippen molar-refractivity contribution in [1.29, 1.82) is 0 Å². The monoisotopic (exact) mass is 250 g/mol. The molecule has 0 amide bonds. The molecule has 0 aliphatic rings. The second-order valence-electron chi connectivity index (χ2n) is 3.97. The lowest BCUT2D eigenvalue weighted by Crippen LogP contribution is -2.01. The topological polar surface area (TPSA) is 46.5 Å². The minimum Gasteiger partial charge on any atom is -0.497 e. The molecule has 0 atom stereocenters. The lowest BCUT2D eigenvalue weighted by Gasteiger charge is -2.07. The Balaban J connectivity index is 5.45. The van der Waals surface area contributed by atoms with Gasteiger partial charge >= 0.3 is 5.97 Å². The zero-order valence-corrected chi connectivity index (χ0v) is 11.6. The highest BCUT2D eigenvalue weighted by atomic mass is 16.5. The standard InChI is InChI=1S/C15H22O3/c1-6-8-13(15(16)17)10-14(11(3)7-2)9-12(4)18-5/h7,9-10H,4,6,8H2,1-3,5H3,(H,16,17)/b11-7-,13-10+,14-9-. The van der Waals surface area contributed by atoms with Gasteiger partial charge in [-0.2, -0.15) is 0 Å². The Labute approximate surface area is 109 Å². The molecule has 0 heterocycles. The van der Waals surface area contributed by atoms with Gasteiger partial charge in [-0.05, 0) is 43.6 Å². The molecule has 0 aliphatic heterocycles. The molecule has 0 aromatic carbocycles. The molecule has 0 radical (unpaired) electrons. The van der Waals surface area contributed by atoms with E-state index < -0.39 is 5.97 Å². The number of rotatable bonds is 7. The minimum atomic E-state index is -0.880. The fraction of sp³-hybridized carbons (Fsp3) is 0.400. The van der Waals surface area contributed by atoms with Crippen LogP contribution in [0.3, 0.4) is 0 Å². The maximum absolute atomic E-state index is 11.1. The van der Waals surface area contributed by atoms with Crippen LogP contribution in [0.15, 0.2) is 47.3 Å². The predicted molar refractivity (Wildman–Crippen MR) is 74.3 cm³/mol. The molecule has 3 nitrogen and oxygen atoms in total. The third-order valence-corrected chi connectivity index (χ3v) is 2.59. The van der Waals surface area contributed by atoms with Crippen molar-refractivity contribution in [2.75, 3.05) is 7.11 Å². The molecule has 0 aliphatic carbocycles. The van der Waals surface area contributed by atoms with Crippen LogP contribution in [0.25, 0.3) is 0 Å². The number of hydrogen-bond donors (Lipinski definition) is 1. The summed E-state index contributed by atoms with van der Waals surface area (Å²) < 4.78 is 5.00. The van der Waals surface area contributed by atoms with E-state index in [4.69, 9.17) is 9.84 Å². The smallest absolute Gasteiger partial charge is 0.331 e. The average molecular weight is 250 g/mol. The van der Waals surface area contributed by atoms with Gasteiger partial charge in [-0.1, -0.05) is 26.0 Å². The molecular weight excluding hydrogens is 228 g/mol. The van der Waals surface area contributed by atoms with Gasteiger partial charge in [-0.15, -0.1) is 0 Å². The second kappa shape index (κ2) is 8.34. The highest BCUT2D eigenvalue weighted by Crippen LogP contribution is 2.18. The first-order chi connectivity index (χ1) is 8.46. The van der Waals surface area contributed by atoms with E-state index in [1.807, 2.05) is 26.8 Å². The molecule has 0 rings (SSSR count). The fourth-order valence-electron chi connectivity index (χ4n) is 1.37. The first-order valence-corrected chi connectivity index (χ1v) is 5.98. The minimum absolute atomic E-state index is 0.397. The van der Waals surface area contributed by atoms with Crippen molar-refractivity contribution in [1.82, 2.24) is 0 Å². The summed E-state index contributed by atoms with van der Waals surface area (Å²) in [7, 11) is 1.54. The third-order valence-electron chi connectivity index (χ3n) is 2.59. The quantitative estimate of drug-likeness (QED) is 0.424. The van der Waals surface area contributed by atoms with E-state index >= 15 is 0 Å². The van der Waals surface area contributed by atoms with Gasteiger partial charge < -0.3 is 9.84 Å². The molecule has 0 aromatic rings. The summed E-state index contributed by atoms with van der Waals surface area (Å²) in [5.41, 5.74) is 2.20. The van der Waals surface area contributed by atoms with E-state index in [2.05, 4.69) is 6.58 Å². The number of carboxylic acid groups (broad SMARTS) is 1. The number of ether oxygens (including phenoxy) is 1. The number of carbonyl (C=O) groups is 1. The third kappa shape index (κ3) is 5.53. The van der Waals surface area contributed by atoms with Gasteiger partial charge in [0.15, 0.2) is 0 Å². The zero-order chi connectivity index (χ0) is 14.1. The van der Waals surface area contributed by atoms with Gasteiger partial charge in [0.25, 0.3) is 0 Å². The van der Waals surface area contributed by atoms with Crippen molar-refractivity contribution in [2.45, 2.75) is 33.6 Å². The van der Waals surface area contributed by atoms with Crippen LogP contribution in [0.2, 0.25) is 0 Å². The second-order valence-corrected chi connectivity index (χ2v) is 3.97. The normalized spacial score (nSPS) is 13.4. The first kappa shape index (κ1) is 16.2. The highest BCUT2D eigenvalue weighted by Gasteiger charge is 2.08. The van der Waals surface area contributed by atoms with E-state index in [1.165, 1.54) is 7.11 Å². The van der Waals surface area contributed by atoms with Crippen LogP contribution in [0, 0.1) is 0 Å². The Bertz CT molecular complexity index is 398. The molecule has 0 saturated carbocycles. The van der Waals surface area contributed by atoms with E-state index in [0.29, 0.717) is 17.8 Å². The van der Waals surface area contributed by atoms with Crippen LogP contribution in [0.1, 0.15) is 33.6 Å². The van der Waals surface area contributed by atoms with Gasteiger partial charge in [-0.3, -0.25) is 0 Å². The maximum Gasteiger partial charge on any atom is 0.331 e. The van der Waals surface area contributed by atoms with Crippen LogP contribution >= 0.6 is 0 Å². The largest absolute Gasteiger partial charge is 0.497 e. The molecule has 100 valence electrons. The number of aliphatic carboxylic acids is 1.